The van der Waals surface area contributed by atoms with Crippen molar-refractivity contribution in [3.8, 4) is 5.75 Å². The van der Waals surface area contributed by atoms with E-state index in [0.29, 0.717) is 17.4 Å². The third-order valence-electron chi connectivity index (χ3n) is 3.45. The average molecular weight is 365 g/mol. The molecule has 0 bridgehead atoms. The zero-order chi connectivity index (χ0) is 19.1. The molecular formula is C18H19N7O2. The van der Waals surface area contributed by atoms with Crippen molar-refractivity contribution in [2.45, 2.75) is 6.92 Å². The normalized spacial score (nSPS) is 10.1. The molecule has 3 rings (SSSR count). The molecule has 0 saturated carbocycles. The van der Waals surface area contributed by atoms with Crippen molar-refractivity contribution in [1.82, 2.24) is 20.4 Å². The number of aryl methyl sites for hydroxylation is 1. The maximum Gasteiger partial charge on any atom is 0.276 e. The van der Waals surface area contributed by atoms with Crippen LogP contribution in [0.25, 0.3) is 0 Å². The first-order valence-electron chi connectivity index (χ1n) is 8.15. The number of rotatable bonds is 7. The number of amides is 1. The highest BCUT2D eigenvalue weighted by atomic mass is 16.5. The molecule has 9 heteroatoms. The summed E-state index contributed by atoms with van der Waals surface area (Å²) in [4.78, 5) is 24.4. The van der Waals surface area contributed by atoms with Gasteiger partial charge in [0, 0.05) is 5.69 Å². The molecule has 2 heterocycles. The van der Waals surface area contributed by atoms with Crippen LogP contribution in [-0.2, 0) is 4.79 Å². The Morgan fingerprint density at radius 2 is 1.85 bits per heavy atom. The van der Waals surface area contributed by atoms with Gasteiger partial charge >= 0.3 is 0 Å². The van der Waals surface area contributed by atoms with Gasteiger partial charge in [-0.25, -0.2) is 15.0 Å². The van der Waals surface area contributed by atoms with Crippen LogP contribution in [0, 0.1) is 6.92 Å². The number of aromatic nitrogens is 3. The van der Waals surface area contributed by atoms with Gasteiger partial charge in [-0.2, -0.15) is 0 Å². The van der Waals surface area contributed by atoms with Gasteiger partial charge < -0.3 is 15.8 Å². The van der Waals surface area contributed by atoms with Crippen molar-refractivity contribution in [3.05, 3.63) is 60.6 Å². The third kappa shape index (κ3) is 5.05. The highest BCUT2D eigenvalue weighted by Gasteiger charge is 2.10. The van der Waals surface area contributed by atoms with Crippen LogP contribution in [0.5, 0.6) is 5.75 Å². The smallest absolute Gasteiger partial charge is 0.276 e. The predicted octanol–water partition coefficient (Wildman–Crippen LogP) is 2.03. The van der Waals surface area contributed by atoms with Crippen molar-refractivity contribution < 1.29 is 9.53 Å². The second-order valence-electron chi connectivity index (χ2n) is 5.55. The van der Waals surface area contributed by atoms with E-state index in [0.717, 1.165) is 5.69 Å². The summed E-state index contributed by atoms with van der Waals surface area (Å²) in [6.07, 6.45) is 1.32. The molecule has 3 aromatic rings. The number of carbonyl (C=O) groups excluding carboxylic acids is 1. The number of hydrogen-bond acceptors (Lipinski definition) is 8. The summed E-state index contributed by atoms with van der Waals surface area (Å²) in [5, 5.41) is 3.02. The Morgan fingerprint density at radius 3 is 2.63 bits per heavy atom. The standard InChI is InChI=1S/C18H19N7O2/c1-12-6-5-9-14(22-12)23-17-16(19)18(21-11-20-17)25-24-15(26)10-27-13-7-3-2-4-8-13/h2-9,11H,10,19H2,1H3,(H,24,26)(H2,20,21,22,23,25). The number of nitrogens with two attached hydrogens (primary N) is 1. The highest BCUT2D eigenvalue weighted by molar-refractivity contribution is 5.81. The van der Waals surface area contributed by atoms with E-state index < -0.39 is 0 Å². The minimum Gasteiger partial charge on any atom is -0.484 e. The second kappa shape index (κ2) is 8.48. The van der Waals surface area contributed by atoms with Gasteiger partial charge in [0.1, 0.15) is 23.6 Å². The Labute approximate surface area is 156 Å². The number of benzene rings is 1. The monoisotopic (exact) mass is 365 g/mol. The first kappa shape index (κ1) is 17.9. The van der Waals surface area contributed by atoms with E-state index in [4.69, 9.17) is 10.5 Å². The van der Waals surface area contributed by atoms with E-state index in [1.165, 1.54) is 6.33 Å². The molecule has 1 amide bonds. The van der Waals surface area contributed by atoms with E-state index in [-0.39, 0.29) is 24.0 Å². The Morgan fingerprint density at radius 1 is 1.07 bits per heavy atom. The molecule has 0 fully saturated rings. The van der Waals surface area contributed by atoms with Crippen molar-refractivity contribution in [3.63, 3.8) is 0 Å². The summed E-state index contributed by atoms with van der Waals surface area (Å²) in [7, 11) is 0. The molecule has 2 aromatic heterocycles. The molecule has 0 atom stereocenters. The lowest BCUT2D eigenvalue weighted by molar-refractivity contribution is -0.122. The fourth-order valence-corrected chi connectivity index (χ4v) is 2.16. The van der Waals surface area contributed by atoms with Gasteiger partial charge in [0.05, 0.1) is 0 Å². The molecule has 5 N–H and O–H groups in total. The summed E-state index contributed by atoms with van der Waals surface area (Å²) in [6, 6.07) is 14.6. The molecule has 1 aromatic carbocycles. The van der Waals surface area contributed by atoms with Crippen LogP contribution < -0.4 is 26.6 Å². The number of ether oxygens (including phenoxy) is 1. The first-order valence-corrected chi connectivity index (χ1v) is 8.15. The Bertz CT molecular complexity index is 919. The van der Waals surface area contributed by atoms with Crippen LogP contribution in [0.1, 0.15) is 5.69 Å². The van der Waals surface area contributed by atoms with Gasteiger partial charge in [-0.15, -0.1) is 0 Å². The van der Waals surface area contributed by atoms with E-state index in [1.807, 2.05) is 37.3 Å². The van der Waals surface area contributed by atoms with Gasteiger partial charge in [0.25, 0.3) is 5.91 Å². The number of anilines is 4. The lowest BCUT2D eigenvalue weighted by atomic mass is 10.3. The summed E-state index contributed by atoms with van der Waals surface area (Å²) >= 11 is 0. The van der Waals surface area contributed by atoms with Crippen LogP contribution in [-0.4, -0.2) is 27.5 Å². The van der Waals surface area contributed by atoms with Crippen LogP contribution in [0.3, 0.4) is 0 Å². The largest absolute Gasteiger partial charge is 0.484 e. The fraction of sp³-hybridized carbons (Fsp3) is 0.111. The van der Waals surface area contributed by atoms with Crippen molar-refractivity contribution >= 4 is 29.0 Å². The first-order chi connectivity index (χ1) is 13.1. The molecule has 0 radical (unpaired) electrons. The molecule has 9 nitrogen and oxygen atoms in total. The van der Waals surface area contributed by atoms with Crippen LogP contribution in [0.2, 0.25) is 0 Å². The minimum absolute atomic E-state index is 0.152. The van der Waals surface area contributed by atoms with Crippen LogP contribution in [0.15, 0.2) is 54.9 Å². The number of carbonyl (C=O) groups is 1. The maximum atomic E-state index is 11.9. The second-order valence-corrected chi connectivity index (χ2v) is 5.55. The summed E-state index contributed by atoms with van der Waals surface area (Å²) in [5.74, 6) is 1.46. The fourth-order valence-electron chi connectivity index (χ4n) is 2.16. The number of nitrogens with one attached hydrogen (secondary N) is 3. The van der Waals surface area contributed by atoms with Gasteiger partial charge in [-0.05, 0) is 31.2 Å². The highest BCUT2D eigenvalue weighted by Crippen LogP contribution is 2.24. The molecule has 0 aliphatic heterocycles. The van der Waals surface area contributed by atoms with Crippen molar-refractivity contribution in [1.29, 1.82) is 0 Å². The van der Waals surface area contributed by atoms with Gasteiger partial charge in [-0.1, -0.05) is 24.3 Å². The van der Waals surface area contributed by atoms with Crippen LogP contribution >= 0.6 is 0 Å². The average Bonchev–Trinajstić information content (AvgIpc) is 2.68. The summed E-state index contributed by atoms with van der Waals surface area (Å²) in [5.41, 5.74) is 12.3. The van der Waals surface area contributed by atoms with Gasteiger partial charge in [0.2, 0.25) is 0 Å². The molecule has 0 aliphatic carbocycles. The maximum absolute atomic E-state index is 11.9. The van der Waals surface area contributed by atoms with Crippen LogP contribution in [0.4, 0.5) is 23.1 Å². The minimum atomic E-state index is -0.383. The molecule has 0 saturated heterocycles. The molecular weight excluding hydrogens is 346 g/mol. The number of hydrazine groups is 1. The quantitative estimate of drug-likeness (QED) is 0.468. The topological polar surface area (TPSA) is 127 Å². The Kier molecular flexibility index (Phi) is 5.63. The summed E-state index contributed by atoms with van der Waals surface area (Å²) in [6.45, 7) is 1.73. The zero-order valence-corrected chi connectivity index (χ0v) is 14.6. The Balaban J connectivity index is 1.58. The SMILES string of the molecule is Cc1cccc(Nc2ncnc(NNC(=O)COc3ccccc3)c2N)n1. The van der Waals surface area contributed by atoms with E-state index >= 15 is 0 Å². The van der Waals surface area contributed by atoms with Gasteiger partial charge in [-0.3, -0.25) is 15.6 Å². The van der Waals surface area contributed by atoms with Crippen molar-refractivity contribution in [2.75, 3.05) is 23.1 Å². The molecule has 27 heavy (non-hydrogen) atoms. The number of para-hydroxylation sites is 1. The number of nitrogens with zero attached hydrogens (tertiary/aromatic N) is 3. The lowest BCUT2D eigenvalue weighted by Crippen LogP contribution is -2.34. The number of pyridine rings is 1. The Hall–Kier alpha value is -3.88. The number of hydrogen-bond donors (Lipinski definition) is 4. The van der Waals surface area contributed by atoms with Gasteiger partial charge in [0.15, 0.2) is 18.2 Å². The lowest BCUT2D eigenvalue weighted by Gasteiger charge is -2.13. The number of nitrogen functional groups attached to an aromatic ring is 1. The van der Waals surface area contributed by atoms with Crippen molar-refractivity contribution in [2.24, 2.45) is 0 Å². The third-order valence-corrected chi connectivity index (χ3v) is 3.45. The molecule has 0 spiro atoms. The van der Waals surface area contributed by atoms with E-state index in [2.05, 4.69) is 31.1 Å². The zero-order valence-electron chi connectivity index (χ0n) is 14.6. The van der Waals surface area contributed by atoms with E-state index in [1.54, 1.807) is 18.2 Å². The molecule has 0 aliphatic rings. The molecule has 138 valence electrons. The predicted molar refractivity (Wildman–Crippen MR) is 102 cm³/mol. The summed E-state index contributed by atoms with van der Waals surface area (Å²) < 4.78 is 5.36. The van der Waals surface area contributed by atoms with E-state index in [9.17, 15) is 4.79 Å². The molecule has 0 unspecified atom stereocenters.